The number of rotatable bonds is 6. The smallest absolute Gasteiger partial charge is 0.253 e. The molecular formula is C20H22FN3O2. The van der Waals surface area contributed by atoms with E-state index < -0.39 is 0 Å². The second-order valence-corrected chi connectivity index (χ2v) is 6.20. The molecule has 1 atom stereocenters. The molecular weight excluding hydrogens is 333 g/mol. The van der Waals surface area contributed by atoms with Crippen LogP contribution in [0.2, 0.25) is 0 Å². The van der Waals surface area contributed by atoms with Crippen LogP contribution in [0, 0.1) is 5.82 Å². The van der Waals surface area contributed by atoms with E-state index in [-0.39, 0.29) is 24.4 Å². The number of aromatic nitrogens is 1. The van der Waals surface area contributed by atoms with Crippen LogP contribution in [0.1, 0.15) is 23.7 Å². The van der Waals surface area contributed by atoms with Gasteiger partial charge in [0.05, 0.1) is 18.2 Å². The molecule has 6 heteroatoms. The molecule has 0 fully saturated rings. The molecule has 0 bridgehead atoms. The summed E-state index contributed by atoms with van der Waals surface area (Å²) in [6, 6.07) is 13.5. The van der Waals surface area contributed by atoms with Gasteiger partial charge in [-0.25, -0.2) is 4.39 Å². The molecule has 1 unspecified atom stereocenters. The van der Waals surface area contributed by atoms with Gasteiger partial charge in [0.2, 0.25) is 0 Å². The van der Waals surface area contributed by atoms with Crippen molar-refractivity contribution in [3.05, 3.63) is 66.1 Å². The van der Waals surface area contributed by atoms with Crippen LogP contribution >= 0.6 is 0 Å². The SMILES string of the molecule is CCC(CO)NC(=O)c1ccc2ccc(N(C)c3ccc(F)cc3)n2c1. The van der Waals surface area contributed by atoms with Gasteiger partial charge in [-0.2, -0.15) is 0 Å². The van der Waals surface area contributed by atoms with Crippen LogP contribution in [0.4, 0.5) is 15.9 Å². The van der Waals surface area contributed by atoms with E-state index in [4.69, 9.17) is 0 Å². The Morgan fingerprint density at radius 3 is 2.54 bits per heavy atom. The van der Waals surface area contributed by atoms with Gasteiger partial charge in [0, 0.05) is 24.4 Å². The summed E-state index contributed by atoms with van der Waals surface area (Å²) in [4.78, 5) is 14.4. The zero-order valence-electron chi connectivity index (χ0n) is 14.8. The number of carbonyl (C=O) groups is 1. The Kier molecular flexibility index (Phi) is 5.23. The van der Waals surface area contributed by atoms with Gasteiger partial charge in [-0.3, -0.25) is 4.79 Å². The molecule has 0 saturated heterocycles. The van der Waals surface area contributed by atoms with Crippen LogP contribution in [0.15, 0.2) is 54.7 Å². The highest BCUT2D eigenvalue weighted by Gasteiger charge is 2.14. The van der Waals surface area contributed by atoms with E-state index in [9.17, 15) is 14.3 Å². The first kappa shape index (κ1) is 17.9. The van der Waals surface area contributed by atoms with Gasteiger partial charge in [-0.05, 0) is 55.0 Å². The number of benzene rings is 1. The first-order valence-corrected chi connectivity index (χ1v) is 8.55. The number of carbonyl (C=O) groups excluding carboxylic acids is 1. The molecule has 136 valence electrons. The van der Waals surface area contributed by atoms with Crippen LogP contribution in [0.3, 0.4) is 0 Å². The highest BCUT2D eigenvalue weighted by atomic mass is 19.1. The second-order valence-electron chi connectivity index (χ2n) is 6.20. The fourth-order valence-corrected chi connectivity index (χ4v) is 2.84. The quantitative estimate of drug-likeness (QED) is 0.713. The number of hydrogen-bond acceptors (Lipinski definition) is 3. The molecule has 5 nitrogen and oxygen atoms in total. The largest absolute Gasteiger partial charge is 0.394 e. The summed E-state index contributed by atoms with van der Waals surface area (Å²) in [5.74, 6) is 0.350. The Morgan fingerprint density at radius 2 is 1.88 bits per heavy atom. The molecule has 0 aliphatic rings. The van der Waals surface area contributed by atoms with Gasteiger partial charge < -0.3 is 19.7 Å². The number of fused-ring (bicyclic) bond motifs is 1. The van der Waals surface area contributed by atoms with Crippen LogP contribution in [0.25, 0.3) is 5.52 Å². The van der Waals surface area contributed by atoms with E-state index in [1.807, 2.05) is 41.5 Å². The van der Waals surface area contributed by atoms with E-state index in [2.05, 4.69) is 5.32 Å². The summed E-state index contributed by atoms with van der Waals surface area (Å²) in [6.07, 6.45) is 2.43. The second kappa shape index (κ2) is 7.58. The van der Waals surface area contributed by atoms with Crippen molar-refractivity contribution in [3.8, 4) is 0 Å². The standard InChI is InChI=1S/C20H22FN3O2/c1-3-16(13-25)22-20(26)14-4-7-18-10-11-19(24(18)12-14)23(2)17-8-5-15(21)6-9-17/h4-12,16,25H,3,13H2,1-2H3,(H,22,26). The maximum absolute atomic E-state index is 13.2. The van der Waals surface area contributed by atoms with Gasteiger partial charge in [0.15, 0.2) is 0 Å². The summed E-state index contributed by atoms with van der Waals surface area (Å²) in [5.41, 5.74) is 2.29. The molecule has 0 spiro atoms. The van der Waals surface area contributed by atoms with E-state index in [0.717, 1.165) is 17.0 Å². The maximum atomic E-state index is 13.2. The monoisotopic (exact) mass is 355 g/mol. The predicted molar refractivity (Wildman–Crippen MR) is 100 cm³/mol. The summed E-state index contributed by atoms with van der Waals surface area (Å²) in [5, 5.41) is 12.1. The van der Waals surface area contributed by atoms with Gasteiger partial charge >= 0.3 is 0 Å². The average molecular weight is 355 g/mol. The van der Waals surface area contributed by atoms with Crippen LogP contribution in [-0.4, -0.2) is 35.1 Å². The van der Waals surface area contributed by atoms with Crippen molar-refractivity contribution < 1.29 is 14.3 Å². The number of aliphatic hydroxyl groups excluding tert-OH is 1. The molecule has 2 aromatic heterocycles. The Balaban J connectivity index is 1.93. The Labute approximate surface area is 151 Å². The molecule has 0 saturated carbocycles. The van der Waals surface area contributed by atoms with Crippen molar-refractivity contribution in [1.29, 1.82) is 0 Å². The number of aliphatic hydroxyl groups is 1. The topological polar surface area (TPSA) is 57.0 Å². The normalized spacial score (nSPS) is 12.2. The number of pyridine rings is 1. The molecule has 26 heavy (non-hydrogen) atoms. The van der Waals surface area contributed by atoms with Gasteiger partial charge in [-0.15, -0.1) is 0 Å². The molecule has 0 radical (unpaired) electrons. The Morgan fingerprint density at radius 1 is 1.19 bits per heavy atom. The highest BCUT2D eigenvalue weighted by Crippen LogP contribution is 2.26. The molecule has 2 N–H and O–H groups in total. The first-order chi connectivity index (χ1) is 12.5. The van der Waals surface area contributed by atoms with Crippen LogP contribution in [0.5, 0.6) is 0 Å². The van der Waals surface area contributed by atoms with Gasteiger partial charge in [0.1, 0.15) is 11.6 Å². The van der Waals surface area contributed by atoms with Crippen molar-refractivity contribution in [1.82, 2.24) is 9.72 Å². The number of nitrogens with zero attached hydrogens (tertiary/aromatic N) is 2. The first-order valence-electron chi connectivity index (χ1n) is 8.55. The van der Waals surface area contributed by atoms with Crippen LogP contribution < -0.4 is 10.2 Å². The lowest BCUT2D eigenvalue weighted by Crippen LogP contribution is -2.37. The third-order valence-corrected chi connectivity index (χ3v) is 4.50. The van der Waals surface area contributed by atoms with Crippen molar-refractivity contribution >= 4 is 22.9 Å². The molecule has 0 aliphatic heterocycles. The average Bonchev–Trinajstić information content (AvgIpc) is 3.09. The minimum atomic E-state index is -0.282. The van der Waals surface area contributed by atoms with Crippen molar-refractivity contribution in [2.75, 3.05) is 18.6 Å². The lowest BCUT2D eigenvalue weighted by atomic mass is 10.2. The van der Waals surface area contributed by atoms with Crippen molar-refractivity contribution in [3.63, 3.8) is 0 Å². The lowest BCUT2D eigenvalue weighted by molar-refractivity contribution is 0.0914. The fourth-order valence-electron chi connectivity index (χ4n) is 2.84. The molecule has 1 aromatic carbocycles. The van der Waals surface area contributed by atoms with Crippen molar-refractivity contribution in [2.45, 2.75) is 19.4 Å². The summed E-state index contributed by atoms with van der Waals surface area (Å²) in [7, 11) is 1.89. The molecule has 0 aliphatic carbocycles. The number of halogens is 1. The third-order valence-electron chi connectivity index (χ3n) is 4.50. The number of amides is 1. The number of hydrogen-bond donors (Lipinski definition) is 2. The molecule has 3 aromatic rings. The zero-order chi connectivity index (χ0) is 18.7. The molecule has 2 heterocycles. The fraction of sp³-hybridized carbons (Fsp3) is 0.250. The van der Waals surface area contributed by atoms with Gasteiger partial charge in [0.25, 0.3) is 5.91 Å². The zero-order valence-corrected chi connectivity index (χ0v) is 14.8. The van der Waals surface area contributed by atoms with Gasteiger partial charge in [-0.1, -0.05) is 6.92 Å². The molecule has 3 rings (SSSR count). The molecule has 1 amide bonds. The number of nitrogens with one attached hydrogen (secondary N) is 1. The van der Waals surface area contributed by atoms with Crippen molar-refractivity contribution in [2.24, 2.45) is 0 Å². The Bertz CT molecular complexity index is 901. The minimum absolute atomic E-state index is 0.0907. The third kappa shape index (κ3) is 3.55. The summed E-state index contributed by atoms with van der Waals surface area (Å²) < 4.78 is 15.1. The summed E-state index contributed by atoms with van der Waals surface area (Å²) in [6.45, 7) is 1.82. The minimum Gasteiger partial charge on any atom is -0.394 e. The lowest BCUT2D eigenvalue weighted by Gasteiger charge is -2.20. The van der Waals surface area contributed by atoms with E-state index in [1.54, 1.807) is 24.4 Å². The predicted octanol–water partition coefficient (Wildman–Crippen LogP) is 3.35. The van der Waals surface area contributed by atoms with E-state index >= 15 is 0 Å². The summed E-state index contributed by atoms with van der Waals surface area (Å²) >= 11 is 0. The van der Waals surface area contributed by atoms with E-state index in [1.165, 1.54) is 12.1 Å². The highest BCUT2D eigenvalue weighted by molar-refractivity contribution is 5.94. The van der Waals surface area contributed by atoms with E-state index in [0.29, 0.717) is 12.0 Å². The maximum Gasteiger partial charge on any atom is 0.253 e. The Hall–Kier alpha value is -2.86. The van der Waals surface area contributed by atoms with Crippen LogP contribution in [-0.2, 0) is 0 Å². The number of anilines is 2.